The van der Waals surface area contributed by atoms with E-state index in [1.807, 2.05) is 26.8 Å². The molecule has 0 aromatic heterocycles. The Kier molecular flexibility index (Phi) is 10.3. The summed E-state index contributed by atoms with van der Waals surface area (Å²) in [7, 11) is 1.40. The van der Waals surface area contributed by atoms with Gasteiger partial charge in [-0.15, -0.1) is 0 Å². The molecule has 1 fully saturated rings. The number of carbonyl (C=O) groups excluding carboxylic acids is 2. The molecular formula is C35H39ClF2N2O7. The van der Waals surface area contributed by atoms with Gasteiger partial charge < -0.3 is 34.7 Å². The summed E-state index contributed by atoms with van der Waals surface area (Å²) in [4.78, 5) is 25.3. The molecule has 0 aliphatic carbocycles. The molecule has 0 spiro atoms. The zero-order chi connectivity index (χ0) is 33.9. The number of primary amides is 1. The lowest BCUT2D eigenvalue weighted by molar-refractivity contribution is -0.165. The van der Waals surface area contributed by atoms with Crippen LogP contribution in [-0.2, 0) is 26.2 Å². The third kappa shape index (κ3) is 7.02. The minimum absolute atomic E-state index is 0.0114. The van der Waals surface area contributed by atoms with Crippen molar-refractivity contribution in [2.75, 3.05) is 26.9 Å². The first kappa shape index (κ1) is 34.4. The first-order valence-corrected chi connectivity index (χ1v) is 15.9. The van der Waals surface area contributed by atoms with Crippen molar-refractivity contribution in [3.8, 4) is 22.6 Å². The van der Waals surface area contributed by atoms with Crippen molar-refractivity contribution in [2.45, 2.75) is 64.4 Å². The highest BCUT2D eigenvalue weighted by Gasteiger charge is 2.55. The van der Waals surface area contributed by atoms with E-state index in [9.17, 15) is 9.59 Å². The van der Waals surface area contributed by atoms with Gasteiger partial charge in [0.1, 0.15) is 18.2 Å². The second kappa shape index (κ2) is 14.0. The number of nitrogens with two attached hydrogens (primary N) is 1. The Balaban J connectivity index is 1.63. The molecule has 1 unspecified atom stereocenters. The van der Waals surface area contributed by atoms with Crippen molar-refractivity contribution in [1.29, 1.82) is 0 Å². The molecule has 3 atom stereocenters. The van der Waals surface area contributed by atoms with Crippen molar-refractivity contribution >= 4 is 23.6 Å². The van der Waals surface area contributed by atoms with Gasteiger partial charge in [-0.05, 0) is 37.0 Å². The Labute approximate surface area is 277 Å². The van der Waals surface area contributed by atoms with E-state index in [0.29, 0.717) is 17.7 Å². The van der Waals surface area contributed by atoms with Gasteiger partial charge in [-0.25, -0.2) is 13.6 Å². The molecule has 0 saturated carbocycles. The number of halogens is 3. The maximum atomic E-state index is 16.6. The molecule has 2 heterocycles. The number of hydrogen-bond acceptors (Lipinski definition) is 7. The van der Waals surface area contributed by atoms with Crippen molar-refractivity contribution in [3.63, 3.8) is 0 Å². The van der Waals surface area contributed by atoms with Crippen LogP contribution in [0.1, 0.15) is 61.5 Å². The van der Waals surface area contributed by atoms with Crippen LogP contribution < -0.4 is 20.5 Å². The molecule has 0 radical (unpaired) electrons. The van der Waals surface area contributed by atoms with Crippen LogP contribution >= 0.6 is 11.6 Å². The molecule has 9 nitrogen and oxygen atoms in total. The van der Waals surface area contributed by atoms with E-state index in [1.165, 1.54) is 19.2 Å². The molecule has 2 amide bonds. The normalized spacial score (nSPS) is 19.8. The molecule has 0 bridgehead atoms. The highest BCUT2D eigenvalue weighted by molar-refractivity contribution is 6.34. The standard InChI is InChI=1S/C35H39ClF2N2O7/c1-34(2,3)32(46-33(39)42)35(20-10-6-5-7-11-20)19-22-25(47-35)18-23(37)29(36)27(22)28-21(31(41)40-4)13-14-24(30(28)38)43-16-17-45-26-12-8-9-15-44-26/h5-7,10-11,13-14,18,26,32H,8-9,12,15-17,19H2,1-4H3,(H2,39,42)(H,40,41)/t26-,32?,35-/m0/s1. The fourth-order valence-corrected chi connectivity index (χ4v) is 6.60. The van der Waals surface area contributed by atoms with Gasteiger partial charge in [-0.3, -0.25) is 4.79 Å². The van der Waals surface area contributed by atoms with Gasteiger partial charge in [0.15, 0.2) is 29.6 Å². The summed E-state index contributed by atoms with van der Waals surface area (Å²) < 4.78 is 61.7. The maximum absolute atomic E-state index is 16.6. The molecule has 1 saturated heterocycles. The summed E-state index contributed by atoms with van der Waals surface area (Å²) in [6.45, 7) is 6.28. The van der Waals surface area contributed by atoms with Gasteiger partial charge in [0.25, 0.3) is 5.91 Å². The van der Waals surface area contributed by atoms with Gasteiger partial charge in [0, 0.05) is 48.2 Å². The highest BCUT2D eigenvalue weighted by atomic mass is 35.5. The molecule has 5 rings (SSSR count). The van der Waals surface area contributed by atoms with Crippen molar-refractivity contribution in [2.24, 2.45) is 11.1 Å². The molecule has 12 heteroatoms. The first-order valence-electron chi connectivity index (χ1n) is 15.5. The number of nitrogens with one attached hydrogen (secondary N) is 1. The van der Waals surface area contributed by atoms with E-state index in [-0.39, 0.29) is 54.1 Å². The molecule has 252 valence electrons. The van der Waals surface area contributed by atoms with Crippen LogP contribution in [-0.4, -0.2) is 51.3 Å². The average molecular weight is 673 g/mol. The van der Waals surface area contributed by atoms with E-state index in [0.717, 1.165) is 25.3 Å². The summed E-state index contributed by atoms with van der Waals surface area (Å²) in [5, 5.41) is 2.09. The molecule has 3 aromatic carbocycles. The summed E-state index contributed by atoms with van der Waals surface area (Å²) >= 11 is 6.65. The Morgan fingerprint density at radius 1 is 1.11 bits per heavy atom. The summed E-state index contributed by atoms with van der Waals surface area (Å²) in [6, 6.07) is 12.8. The van der Waals surface area contributed by atoms with Crippen LogP contribution in [0.3, 0.4) is 0 Å². The number of rotatable bonds is 10. The summed E-state index contributed by atoms with van der Waals surface area (Å²) in [5.74, 6) is -2.60. The van der Waals surface area contributed by atoms with E-state index in [1.54, 1.807) is 24.3 Å². The smallest absolute Gasteiger partial charge is 0.404 e. The lowest BCUT2D eigenvalue weighted by Gasteiger charge is -2.43. The molecule has 3 aromatic rings. The number of carbonyl (C=O) groups is 2. The van der Waals surface area contributed by atoms with Crippen LogP contribution in [0.25, 0.3) is 11.1 Å². The van der Waals surface area contributed by atoms with Crippen LogP contribution in [0.15, 0.2) is 48.5 Å². The van der Waals surface area contributed by atoms with Gasteiger partial charge in [0.2, 0.25) is 0 Å². The number of fused-ring (bicyclic) bond motifs is 1. The molecule has 3 N–H and O–H groups in total. The topological polar surface area (TPSA) is 118 Å². The Bertz CT molecular complexity index is 1630. The molecular weight excluding hydrogens is 634 g/mol. The predicted octanol–water partition coefficient (Wildman–Crippen LogP) is 6.91. The lowest BCUT2D eigenvalue weighted by Crippen LogP contribution is -2.53. The van der Waals surface area contributed by atoms with E-state index in [4.69, 9.17) is 41.0 Å². The lowest BCUT2D eigenvalue weighted by atomic mass is 9.72. The fourth-order valence-electron chi connectivity index (χ4n) is 6.34. The van der Waals surface area contributed by atoms with Gasteiger partial charge >= 0.3 is 6.09 Å². The van der Waals surface area contributed by atoms with Crippen LogP contribution in [0.4, 0.5) is 13.6 Å². The van der Waals surface area contributed by atoms with Gasteiger partial charge in [-0.2, -0.15) is 0 Å². The van der Waals surface area contributed by atoms with E-state index in [2.05, 4.69) is 5.32 Å². The quantitative estimate of drug-likeness (QED) is 0.225. The van der Waals surface area contributed by atoms with Gasteiger partial charge in [0.05, 0.1) is 17.2 Å². The van der Waals surface area contributed by atoms with Crippen molar-refractivity contribution < 1.29 is 42.1 Å². The first-order chi connectivity index (χ1) is 22.4. The third-order valence-electron chi connectivity index (χ3n) is 8.33. The predicted molar refractivity (Wildman–Crippen MR) is 172 cm³/mol. The largest absolute Gasteiger partial charge is 0.488 e. The van der Waals surface area contributed by atoms with Crippen LogP contribution in [0, 0.1) is 17.0 Å². The number of hydrogen-bond donors (Lipinski definition) is 2. The minimum Gasteiger partial charge on any atom is -0.488 e. The number of amides is 2. The summed E-state index contributed by atoms with van der Waals surface area (Å²) in [5.41, 5.74) is 3.83. The Hall–Kier alpha value is -3.93. The minimum atomic E-state index is -1.43. The second-order valence-corrected chi connectivity index (χ2v) is 13.0. The molecule has 2 aliphatic rings. The maximum Gasteiger partial charge on any atom is 0.404 e. The SMILES string of the molecule is CNC(=O)c1ccc(OCCO[C@H]2CCCCO2)c(F)c1-c1c(Cl)c(F)cc2c1C[C@](c1ccccc1)(C(OC(N)=O)C(C)(C)C)O2. The zero-order valence-electron chi connectivity index (χ0n) is 26.8. The third-order valence-corrected chi connectivity index (χ3v) is 8.70. The highest BCUT2D eigenvalue weighted by Crippen LogP contribution is 2.54. The number of ether oxygens (including phenoxy) is 5. The Morgan fingerprint density at radius 2 is 1.85 bits per heavy atom. The van der Waals surface area contributed by atoms with Crippen LogP contribution in [0.2, 0.25) is 5.02 Å². The van der Waals surface area contributed by atoms with Crippen molar-refractivity contribution in [3.05, 3.63) is 81.9 Å². The fraction of sp³-hybridized carbons (Fsp3) is 0.429. The average Bonchev–Trinajstić information content (AvgIpc) is 3.43. The summed E-state index contributed by atoms with van der Waals surface area (Å²) in [6.07, 6.45) is 0.311. The van der Waals surface area contributed by atoms with E-state index >= 15 is 8.78 Å². The molecule has 47 heavy (non-hydrogen) atoms. The second-order valence-electron chi connectivity index (χ2n) is 12.6. The number of benzene rings is 3. The molecule has 2 aliphatic heterocycles. The Morgan fingerprint density at radius 3 is 2.49 bits per heavy atom. The van der Waals surface area contributed by atoms with Gasteiger partial charge in [-0.1, -0.05) is 62.7 Å². The zero-order valence-corrected chi connectivity index (χ0v) is 27.5. The van der Waals surface area contributed by atoms with Crippen molar-refractivity contribution in [1.82, 2.24) is 5.32 Å². The van der Waals surface area contributed by atoms with Crippen LogP contribution in [0.5, 0.6) is 11.5 Å². The van der Waals surface area contributed by atoms with E-state index < -0.39 is 45.8 Å². The monoisotopic (exact) mass is 672 g/mol.